The van der Waals surface area contributed by atoms with E-state index in [2.05, 4.69) is 44.0 Å². The standard InChI is InChI=1S/C24H25N5O2/c1-16-21-11-18(8-9-22(21)29-28-16)19-10-20(13-25-12-19)27-23(14-26-24(30)15-31-2)17-6-4-3-5-7-17/h3-13,23,27H,14-15H2,1-2H3,(H,26,30)(H,28,29)/t23-/m1/s1. The van der Waals surface area contributed by atoms with E-state index in [0.717, 1.165) is 39.0 Å². The number of nitrogens with zero attached hydrogens (tertiary/aromatic N) is 2. The van der Waals surface area contributed by atoms with E-state index in [4.69, 9.17) is 4.74 Å². The van der Waals surface area contributed by atoms with E-state index in [0.29, 0.717) is 6.54 Å². The summed E-state index contributed by atoms with van der Waals surface area (Å²) in [4.78, 5) is 16.3. The topological polar surface area (TPSA) is 91.9 Å². The van der Waals surface area contributed by atoms with Gasteiger partial charge in [-0.2, -0.15) is 5.10 Å². The molecule has 0 unspecified atom stereocenters. The van der Waals surface area contributed by atoms with Gasteiger partial charge >= 0.3 is 0 Å². The Hall–Kier alpha value is -3.71. The zero-order valence-corrected chi connectivity index (χ0v) is 17.6. The Bertz CT molecular complexity index is 1170. The lowest BCUT2D eigenvalue weighted by molar-refractivity contribution is -0.124. The highest BCUT2D eigenvalue weighted by Gasteiger charge is 2.14. The molecule has 1 atom stereocenters. The largest absolute Gasteiger partial charge is 0.375 e. The average Bonchev–Trinajstić information content (AvgIpc) is 3.18. The van der Waals surface area contributed by atoms with E-state index in [9.17, 15) is 4.79 Å². The first-order chi connectivity index (χ1) is 15.1. The van der Waals surface area contributed by atoms with Gasteiger partial charge in [0.2, 0.25) is 5.91 Å². The van der Waals surface area contributed by atoms with Gasteiger partial charge in [0.1, 0.15) is 6.61 Å². The second kappa shape index (κ2) is 9.40. The molecule has 2 aromatic carbocycles. The number of amides is 1. The minimum absolute atomic E-state index is 0.0362. The molecule has 1 amide bonds. The Balaban J connectivity index is 1.58. The molecule has 0 saturated carbocycles. The first kappa shape index (κ1) is 20.6. The van der Waals surface area contributed by atoms with Gasteiger partial charge in [0.25, 0.3) is 0 Å². The number of rotatable bonds is 8. The normalized spacial score (nSPS) is 11.9. The number of pyridine rings is 1. The van der Waals surface area contributed by atoms with Crippen LogP contribution >= 0.6 is 0 Å². The number of carbonyl (C=O) groups excluding carboxylic acids is 1. The van der Waals surface area contributed by atoms with Crippen LogP contribution < -0.4 is 10.6 Å². The fraction of sp³-hybridized carbons (Fsp3) is 0.208. The van der Waals surface area contributed by atoms with E-state index in [1.165, 1.54) is 7.11 Å². The van der Waals surface area contributed by atoms with Crippen molar-refractivity contribution in [3.05, 3.63) is 78.2 Å². The van der Waals surface area contributed by atoms with Crippen LogP contribution in [0, 0.1) is 6.92 Å². The van der Waals surface area contributed by atoms with Gasteiger partial charge < -0.3 is 15.4 Å². The molecule has 0 saturated heterocycles. The highest BCUT2D eigenvalue weighted by atomic mass is 16.5. The lowest BCUT2D eigenvalue weighted by Gasteiger charge is -2.21. The number of aromatic nitrogens is 3. The maximum absolute atomic E-state index is 11.9. The Morgan fingerprint density at radius 3 is 2.74 bits per heavy atom. The summed E-state index contributed by atoms with van der Waals surface area (Å²) < 4.78 is 4.91. The molecule has 158 valence electrons. The van der Waals surface area contributed by atoms with Gasteiger partial charge in [-0.3, -0.25) is 14.9 Å². The van der Waals surface area contributed by atoms with Crippen LogP contribution in [-0.2, 0) is 9.53 Å². The van der Waals surface area contributed by atoms with Crippen LogP contribution in [0.3, 0.4) is 0 Å². The molecule has 0 aliphatic heterocycles. The Morgan fingerprint density at radius 1 is 1.10 bits per heavy atom. The number of aryl methyl sites for hydroxylation is 1. The maximum atomic E-state index is 11.9. The Labute approximate surface area is 180 Å². The van der Waals surface area contributed by atoms with Crippen molar-refractivity contribution in [2.24, 2.45) is 0 Å². The number of hydrogen-bond acceptors (Lipinski definition) is 5. The number of aromatic amines is 1. The second-order valence-corrected chi connectivity index (χ2v) is 7.38. The average molecular weight is 415 g/mol. The van der Waals surface area contributed by atoms with Gasteiger partial charge in [-0.1, -0.05) is 36.4 Å². The first-order valence-corrected chi connectivity index (χ1v) is 10.1. The van der Waals surface area contributed by atoms with Gasteiger partial charge in [0, 0.05) is 37.0 Å². The summed E-state index contributed by atoms with van der Waals surface area (Å²) >= 11 is 0. The quantitative estimate of drug-likeness (QED) is 0.407. The zero-order valence-electron chi connectivity index (χ0n) is 17.6. The van der Waals surface area contributed by atoms with Gasteiger partial charge in [-0.05, 0) is 36.2 Å². The van der Waals surface area contributed by atoms with Crippen LogP contribution in [0.1, 0.15) is 17.3 Å². The molecule has 3 N–H and O–H groups in total. The molecule has 2 aromatic heterocycles. The highest BCUT2D eigenvalue weighted by molar-refractivity contribution is 5.86. The van der Waals surface area contributed by atoms with Crippen molar-refractivity contribution in [3.63, 3.8) is 0 Å². The van der Waals surface area contributed by atoms with Gasteiger partial charge in [-0.25, -0.2) is 0 Å². The zero-order chi connectivity index (χ0) is 21.6. The van der Waals surface area contributed by atoms with Crippen molar-refractivity contribution >= 4 is 22.5 Å². The summed E-state index contributed by atoms with van der Waals surface area (Å²) in [5.41, 5.74) is 5.99. The van der Waals surface area contributed by atoms with E-state index in [-0.39, 0.29) is 18.6 Å². The number of anilines is 1. The van der Waals surface area contributed by atoms with Gasteiger partial charge in [0.05, 0.1) is 22.9 Å². The third kappa shape index (κ3) is 4.90. The van der Waals surface area contributed by atoms with E-state index < -0.39 is 0 Å². The van der Waals surface area contributed by atoms with Crippen molar-refractivity contribution < 1.29 is 9.53 Å². The molecule has 4 aromatic rings. The van der Waals surface area contributed by atoms with Crippen LogP contribution in [-0.4, -0.2) is 41.3 Å². The number of methoxy groups -OCH3 is 1. The molecule has 0 bridgehead atoms. The molecular weight excluding hydrogens is 390 g/mol. The molecule has 0 aliphatic rings. The number of carbonyl (C=O) groups is 1. The fourth-order valence-electron chi connectivity index (χ4n) is 3.54. The molecule has 7 nitrogen and oxygen atoms in total. The maximum Gasteiger partial charge on any atom is 0.246 e. The number of ether oxygens (including phenoxy) is 1. The third-order valence-corrected chi connectivity index (χ3v) is 5.15. The fourth-order valence-corrected chi connectivity index (χ4v) is 3.54. The summed E-state index contributed by atoms with van der Waals surface area (Å²) in [6.45, 7) is 2.45. The van der Waals surface area contributed by atoms with Gasteiger partial charge in [0.15, 0.2) is 0 Å². The summed E-state index contributed by atoms with van der Waals surface area (Å²) in [6, 6.07) is 18.2. The first-order valence-electron chi connectivity index (χ1n) is 10.1. The number of benzene rings is 2. The number of hydrogen-bond donors (Lipinski definition) is 3. The molecule has 0 aliphatic carbocycles. The molecule has 0 fully saturated rings. The van der Waals surface area contributed by atoms with E-state index in [1.54, 1.807) is 6.20 Å². The lowest BCUT2D eigenvalue weighted by Crippen LogP contribution is -2.33. The predicted octanol–water partition coefficient (Wildman–Crippen LogP) is 3.85. The van der Waals surface area contributed by atoms with Crippen molar-refractivity contribution in [2.45, 2.75) is 13.0 Å². The summed E-state index contributed by atoms with van der Waals surface area (Å²) in [7, 11) is 1.51. The molecular formula is C24H25N5O2. The smallest absolute Gasteiger partial charge is 0.246 e. The van der Waals surface area contributed by atoms with Crippen LogP contribution in [0.2, 0.25) is 0 Å². The summed E-state index contributed by atoms with van der Waals surface area (Å²) in [5.74, 6) is -0.152. The van der Waals surface area contributed by atoms with Crippen LogP contribution in [0.15, 0.2) is 67.0 Å². The minimum Gasteiger partial charge on any atom is -0.375 e. The predicted molar refractivity (Wildman–Crippen MR) is 122 cm³/mol. The van der Waals surface area contributed by atoms with Crippen LogP contribution in [0.25, 0.3) is 22.0 Å². The molecule has 4 rings (SSSR count). The summed E-state index contributed by atoms with van der Waals surface area (Å²) in [6.07, 6.45) is 3.64. The van der Waals surface area contributed by atoms with Crippen molar-refractivity contribution in [1.29, 1.82) is 0 Å². The second-order valence-electron chi connectivity index (χ2n) is 7.38. The SMILES string of the molecule is COCC(=O)NC[C@@H](Nc1cncc(-c2ccc3[nH]nc(C)c3c2)c1)c1ccccc1. The van der Waals surface area contributed by atoms with Gasteiger partial charge in [-0.15, -0.1) is 0 Å². The molecule has 0 radical (unpaired) electrons. The third-order valence-electron chi connectivity index (χ3n) is 5.15. The Kier molecular flexibility index (Phi) is 6.24. The van der Waals surface area contributed by atoms with Crippen molar-refractivity contribution in [2.75, 3.05) is 25.6 Å². The molecule has 2 heterocycles. The van der Waals surface area contributed by atoms with Crippen LogP contribution in [0.5, 0.6) is 0 Å². The van der Waals surface area contributed by atoms with E-state index >= 15 is 0 Å². The summed E-state index contributed by atoms with van der Waals surface area (Å²) in [5, 5.41) is 14.8. The number of fused-ring (bicyclic) bond motifs is 1. The Morgan fingerprint density at radius 2 is 1.94 bits per heavy atom. The monoisotopic (exact) mass is 415 g/mol. The van der Waals surface area contributed by atoms with Crippen molar-refractivity contribution in [1.82, 2.24) is 20.5 Å². The minimum atomic E-state index is -0.152. The van der Waals surface area contributed by atoms with E-state index in [1.807, 2.05) is 49.5 Å². The molecule has 31 heavy (non-hydrogen) atoms. The van der Waals surface area contributed by atoms with Crippen LogP contribution in [0.4, 0.5) is 5.69 Å². The number of nitrogens with one attached hydrogen (secondary N) is 3. The molecule has 0 spiro atoms. The van der Waals surface area contributed by atoms with Crippen molar-refractivity contribution in [3.8, 4) is 11.1 Å². The highest BCUT2D eigenvalue weighted by Crippen LogP contribution is 2.27. The lowest BCUT2D eigenvalue weighted by atomic mass is 10.0. The number of H-pyrrole nitrogens is 1. The molecule has 7 heteroatoms.